The van der Waals surface area contributed by atoms with Gasteiger partial charge in [0.25, 0.3) is 0 Å². The van der Waals surface area contributed by atoms with Crippen LogP contribution in [0.4, 0.5) is 0 Å². The van der Waals surface area contributed by atoms with Crippen LogP contribution in [-0.2, 0) is 9.59 Å². The number of hydrogen-bond donors (Lipinski definition) is 2. The SMILES string of the molecule is CC(=O)[N+](C(C)=O)(C(C)O)C(C)O. The van der Waals surface area contributed by atoms with E-state index in [0.29, 0.717) is 0 Å². The van der Waals surface area contributed by atoms with E-state index in [-0.39, 0.29) is 0 Å². The third-order valence-corrected chi connectivity index (χ3v) is 2.22. The van der Waals surface area contributed by atoms with E-state index < -0.39 is 28.8 Å². The van der Waals surface area contributed by atoms with Crippen molar-refractivity contribution in [1.29, 1.82) is 0 Å². The van der Waals surface area contributed by atoms with Crippen molar-refractivity contribution in [3.8, 4) is 0 Å². The third-order valence-electron chi connectivity index (χ3n) is 2.22. The number of carbonyl (C=O) groups is 2. The van der Waals surface area contributed by atoms with Crippen LogP contribution in [0.1, 0.15) is 27.7 Å². The summed E-state index contributed by atoms with van der Waals surface area (Å²) >= 11 is 0. The van der Waals surface area contributed by atoms with Crippen LogP contribution in [0.2, 0.25) is 0 Å². The zero-order chi connectivity index (χ0) is 10.8. The lowest BCUT2D eigenvalue weighted by Gasteiger charge is -2.35. The maximum absolute atomic E-state index is 11.2. The highest BCUT2D eigenvalue weighted by atomic mass is 16.4. The minimum absolute atomic E-state index is 0.572. The van der Waals surface area contributed by atoms with Gasteiger partial charge in [-0.3, -0.25) is 0 Å². The summed E-state index contributed by atoms with van der Waals surface area (Å²) in [5.74, 6) is -1.14. The first kappa shape index (κ1) is 12.2. The summed E-state index contributed by atoms with van der Waals surface area (Å²) in [6, 6.07) is 0. The Morgan fingerprint density at radius 3 is 1.23 bits per heavy atom. The van der Waals surface area contributed by atoms with Gasteiger partial charge in [0.2, 0.25) is 12.5 Å². The Labute approximate surface area is 77.2 Å². The molecular weight excluding hydrogens is 174 g/mol. The zero-order valence-electron chi connectivity index (χ0n) is 8.31. The molecule has 0 aromatic rings. The molecule has 2 atom stereocenters. The van der Waals surface area contributed by atoms with E-state index in [4.69, 9.17) is 0 Å². The zero-order valence-corrected chi connectivity index (χ0v) is 8.31. The van der Waals surface area contributed by atoms with E-state index in [2.05, 4.69) is 0 Å². The van der Waals surface area contributed by atoms with Crippen molar-refractivity contribution < 1.29 is 24.3 Å². The van der Waals surface area contributed by atoms with Crippen LogP contribution in [-0.4, -0.2) is 39.0 Å². The Balaban J connectivity index is 5.32. The van der Waals surface area contributed by atoms with E-state index in [1.165, 1.54) is 27.7 Å². The lowest BCUT2D eigenvalue weighted by Crippen LogP contribution is -2.65. The number of imide groups is 1. The molecule has 0 rings (SSSR count). The monoisotopic (exact) mass is 190 g/mol. The van der Waals surface area contributed by atoms with Crippen molar-refractivity contribution in [1.82, 2.24) is 0 Å². The summed E-state index contributed by atoms with van der Waals surface area (Å²) in [6.45, 7) is 4.94. The van der Waals surface area contributed by atoms with Crippen molar-refractivity contribution in [2.24, 2.45) is 0 Å². The van der Waals surface area contributed by atoms with Gasteiger partial charge in [-0.1, -0.05) is 0 Å². The van der Waals surface area contributed by atoms with E-state index in [1.54, 1.807) is 0 Å². The lowest BCUT2D eigenvalue weighted by molar-refractivity contribution is -0.872. The highest BCUT2D eigenvalue weighted by Crippen LogP contribution is 2.18. The lowest BCUT2D eigenvalue weighted by atomic mass is 10.2. The smallest absolute Gasteiger partial charge is 0.322 e. The summed E-state index contributed by atoms with van der Waals surface area (Å²) < 4.78 is -0.944. The van der Waals surface area contributed by atoms with Crippen LogP contribution in [0.15, 0.2) is 0 Å². The molecule has 0 aliphatic heterocycles. The van der Waals surface area contributed by atoms with Gasteiger partial charge in [0.05, 0.1) is 13.8 Å². The fourth-order valence-electron chi connectivity index (χ4n) is 1.59. The molecule has 5 nitrogen and oxygen atoms in total. The van der Waals surface area contributed by atoms with Gasteiger partial charge in [0.1, 0.15) is 0 Å². The Hall–Kier alpha value is -0.780. The molecule has 2 N–H and O–H groups in total. The topological polar surface area (TPSA) is 74.6 Å². The van der Waals surface area contributed by atoms with Crippen molar-refractivity contribution in [3.05, 3.63) is 0 Å². The molecule has 76 valence electrons. The predicted octanol–water partition coefficient (Wildman–Crippen LogP) is -0.427. The van der Waals surface area contributed by atoms with Gasteiger partial charge in [0.15, 0.2) is 0 Å². The fraction of sp³-hybridized carbons (Fsp3) is 0.750. The van der Waals surface area contributed by atoms with Crippen LogP contribution < -0.4 is 0 Å². The molecule has 0 radical (unpaired) electrons. The number of quaternary nitrogens is 1. The molecule has 0 fully saturated rings. The molecule has 0 aromatic heterocycles. The van der Waals surface area contributed by atoms with Gasteiger partial charge >= 0.3 is 11.8 Å². The Bertz CT molecular complexity index is 198. The molecular formula is C8H16NO4+. The number of amides is 2. The number of carbonyl (C=O) groups excluding carboxylic acids is 2. The van der Waals surface area contributed by atoms with E-state index in [9.17, 15) is 19.8 Å². The van der Waals surface area contributed by atoms with Crippen molar-refractivity contribution in [3.63, 3.8) is 0 Å². The predicted molar refractivity (Wildman–Crippen MR) is 45.0 cm³/mol. The standard InChI is InChI=1S/C8H16NO4/c1-5(10)9(6(2)11,7(3)12)8(4)13/h5-6,10-11H,1-4H3/q+1. The molecule has 0 aliphatic rings. The molecule has 0 saturated carbocycles. The third kappa shape index (κ3) is 1.77. The quantitative estimate of drug-likeness (QED) is 0.458. The average molecular weight is 190 g/mol. The molecule has 0 aromatic carbocycles. The second-order valence-electron chi connectivity index (χ2n) is 3.08. The van der Waals surface area contributed by atoms with Crippen LogP contribution >= 0.6 is 0 Å². The second-order valence-corrected chi connectivity index (χ2v) is 3.08. The minimum Gasteiger partial charge on any atom is -0.344 e. The molecule has 0 aliphatic carbocycles. The van der Waals surface area contributed by atoms with Crippen molar-refractivity contribution >= 4 is 11.8 Å². The van der Waals surface area contributed by atoms with Gasteiger partial charge in [0, 0.05) is 13.8 Å². The van der Waals surface area contributed by atoms with Gasteiger partial charge in [-0.25, -0.2) is 9.59 Å². The highest BCUT2D eigenvalue weighted by molar-refractivity contribution is 5.82. The van der Waals surface area contributed by atoms with Gasteiger partial charge in [-0.05, 0) is 0 Å². The van der Waals surface area contributed by atoms with Crippen LogP contribution in [0.25, 0.3) is 0 Å². The fourth-order valence-corrected chi connectivity index (χ4v) is 1.59. The molecule has 2 unspecified atom stereocenters. The van der Waals surface area contributed by atoms with Crippen molar-refractivity contribution in [2.75, 3.05) is 0 Å². The van der Waals surface area contributed by atoms with Gasteiger partial charge in [-0.15, -0.1) is 4.48 Å². The largest absolute Gasteiger partial charge is 0.344 e. The molecule has 13 heavy (non-hydrogen) atoms. The molecule has 0 heterocycles. The number of nitrogens with zero attached hydrogens (tertiary/aromatic N) is 1. The van der Waals surface area contributed by atoms with Crippen molar-refractivity contribution in [2.45, 2.75) is 40.2 Å². The van der Waals surface area contributed by atoms with Crippen LogP contribution in [0.5, 0.6) is 0 Å². The molecule has 2 amide bonds. The summed E-state index contributed by atoms with van der Waals surface area (Å²) in [6.07, 6.45) is -2.48. The maximum atomic E-state index is 11.2. The van der Waals surface area contributed by atoms with Gasteiger partial charge in [-0.2, -0.15) is 0 Å². The molecule has 5 heteroatoms. The van der Waals surface area contributed by atoms with E-state index >= 15 is 0 Å². The molecule has 0 spiro atoms. The van der Waals surface area contributed by atoms with Crippen LogP contribution in [0, 0.1) is 0 Å². The van der Waals surface area contributed by atoms with E-state index in [0.717, 1.165) is 0 Å². The first-order valence-electron chi connectivity index (χ1n) is 4.04. The Morgan fingerprint density at radius 2 is 1.23 bits per heavy atom. The normalized spacial score (nSPS) is 16.5. The minimum atomic E-state index is -1.24. The Kier molecular flexibility index (Phi) is 3.71. The number of aliphatic hydroxyl groups excluding tert-OH is 2. The number of aliphatic hydroxyl groups is 2. The van der Waals surface area contributed by atoms with Gasteiger partial charge < -0.3 is 10.2 Å². The summed E-state index contributed by atoms with van der Waals surface area (Å²) in [5.41, 5.74) is 0. The first-order valence-corrected chi connectivity index (χ1v) is 4.04. The maximum Gasteiger partial charge on any atom is 0.322 e. The highest BCUT2D eigenvalue weighted by Gasteiger charge is 2.48. The number of rotatable bonds is 2. The summed E-state index contributed by atoms with van der Waals surface area (Å²) in [7, 11) is 0. The van der Waals surface area contributed by atoms with E-state index in [1.807, 2.05) is 0 Å². The second kappa shape index (κ2) is 3.95. The molecule has 0 bridgehead atoms. The molecule has 0 saturated heterocycles. The Morgan fingerprint density at radius 1 is 1.00 bits per heavy atom. The summed E-state index contributed by atoms with van der Waals surface area (Å²) in [5, 5.41) is 18.7. The first-order chi connectivity index (χ1) is 5.77. The average Bonchev–Trinajstić information content (AvgIpc) is 1.82. The number of hydrogen-bond acceptors (Lipinski definition) is 4. The summed E-state index contributed by atoms with van der Waals surface area (Å²) in [4.78, 5) is 22.4. The van der Waals surface area contributed by atoms with Crippen LogP contribution in [0.3, 0.4) is 0 Å².